The molecule has 0 fully saturated rings. The zero-order chi connectivity index (χ0) is 12.8. The minimum Gasteiger partial charge on any atom is -0.467 e. The molecule has 0 aliphatic heterocycles. The van der Waals surface area contributed by atoms with E-state index in [1.54, 1.807) is 13.0 Å². The molecular formula is C11H17ClN2O3S. The van der Waals surface area contributed by atoms with Crippen molar-refractivity contribution in [1.29, 1.82) is 0 Å². The summed E-state index contributed by atoms with van der Waals surface area (Å²) in [6, 6.07) is 2.84. The van der Waals surface area contributed by atoms with Crippen LogP contribution in [0.2, 0.25) is 0 Å². The molecule has 1 rings (SSSR count). The molecule has 1 heterocycles. The first-order valence-corrected chi connectivity index (χ1v) is 6.09. The molecule has 18 heavy (non-hydrogen) atoms. The van der Waals surface area contributed by atoms with E-state index < -0.39 is 12.0 Å². The molecule has 3 N–H and O–H groups in total. The van der Waals surface area contributed by atoms with E-state index in [4.69, 9.17) is 5.73 Å². The van der Waals surface area contributed by atoms with E-state index >= 15 is 0 Å². The number of carbonyl (C=O) groups excluding carboxylic acids is 2. The lowest BCUT2D eigenvalue weighted by atomic mass is 10.1. The topological polar surface area (TPSA) is 81.4 Å². The highest BCUT2D eigenvalue weighted by Crippen LogP contribution is 2.20. The fourth-order valence-corrected chi connectivity index (χ4v) is 1.97. The number of hydrogen-bond donors (Lipinski definition) is 2. The lowest BCUT2D eigenvalue weighted by molar-refractivity contribution is -0.145. The summed E-state index contributed by atoms with van der Waals surface area (Å²) in [6.45, 7) is 1.95. The summed E-state index contributed by atoms with van der Waals surface area (Å²) in [4.78, 5) is 24.0. The first kappa shape index (κ1) is 16.9. The number of hydrogen-bond acceptors (Lipinski definition) is 5. The molecule has 1 amide bonds. The highest BCUT2D eigenvalue weighted by atomic mass is 35.5. The largest absolute Gasteiger partial charge is 0.467 e. The second-order valence-corrected chi connectivity index (χ2v) is 4.60. The van der Waals surface area contributed by atoms with E-state index in [9.17, 15) is 9.59 Å². The number of nitrogens with two attached hydrogens (primary N) is 1. The molecule has 7 heteroatoms. The number of esters is 1. The Kier molecular flexibility index (Phi) is 7.58. The molecule has 0 spiro atoms. The average Bonchev–Trinajstić information content (AvgIpc) is 2.87. The third-order valence-electron chi connectivity index (χ3n) is 2.35. The molecule has 2 atom stereocenters. The highest BCUT2D eigenvalue weighted by molar-refractivity contribution is 7.10. The molecule has 0 bridgehead atoms. The monoisotopic (exact) mass is 292 g/mol. The summed E-state index contributed by atoms with van der Waals surface area (Å²) in [7, 11) is 1.29. The van der Waals surface area contributed by atoms with Crippen molar-refractivity contribution in [2.45, 2.75) is 13.0 Å². The highest BCUT2D eigenvalue weighted by Gasteiger charge is 2.25. The van der Waals surface area contributed by atoms with Crippen molar-refractivity contribution in [2.24, 2.45) is 11.7 Å². The van der Waals surface area contributed by atoms with Gasteiger partial charge in [0.2, 0.25) is 5.91 Å². The first-order chi connectivity index (χ1) is 8.10. The summed E-state index contributed by atoms with van der Waals surface area (Å²) in [5.74, 6) is -1.07. The van der Waals surface area contributed by atoms with Crippen LogP contribution in [0, 0.1) is 5.92 Å². The number of carbonyl (C=O) groups is 2. The summed E-state index contributed by atoms with van der Waals surface area (Å²) < 4.78 is 4.67. The zero-order valence-electron chi connectivity index (χ0n) is 10.2. The maximum Gasteiger partial charge on any atom is 0.333 e. The summed E-state index contributed by atoms with van der Waals surface area (Å²) >= 11 is 1.39. The number of nitrogens with one attached hydrogen (secondary N) is 1. The minimum atomic E-state index is -0.749. The van der Waals surface area contributed by atoms with Gasteiger partial charge in [-0.15, -0.1) is 23.7 Å². The van der Waals surface area contributed by atoms with E-state index in [1.165, 1.54) is 18.4 Å². The van der Waals surface area contributed by atoms with Crippen LogP contribution in [-0.4, -0.2) is 25.5 Å². The van der Waals surface area contributed by atoms with Crippen molar-refractivity contribution < 1.29 is 14.3 Å². The van der Waals surface area contributed by atoms with Crippen molar-refractivity contribution in [1.82, 2.24) is 5.32 Å². The van der Waals surface area contributed by atoms with Gasteiger partial charge < -0.3 is 15.8 Å². The third-order valence-corrected chi connectivity index (χ3v) is 3.29. The molecular weight excluding hydrogens is 276 g/mol. The van der Waals surface area contributed by atoms with Crippen molar-refractivity contribution in [3.8, 4) is 0 Å². The molecule has 102 valence electrons. The van der Waals surface area contributed by atoms with Crippen LogP contribution in [0.5, 0.6) is 0 Å². The second kappa shape index (κ2) is 8.07. The van der Waals surface area contributed by atoms with Gasteiger partial charge in [0, 0.05) is 17.3 Å². The van der Waals surface area contributed by atoms with Gasteiger partial charge in [-0.25, -0.2) is 4.79 Å². The Hall–Kier alpha value is -1.11. The van der Waals surface area contributed by atoms with Crippen molar-refractivity contribution >= 4 is 35.6 Å². The van der Waals surface area contributed by atoms with Gasteiger partial charge >= 0.3 is 5.97 Å². The van der Waals surface area contributed by atoms with Crippen LogP contribution in [-0.2, 0) is 14.3 Å². The summed E-state index contributed by atoms with van der Waals surface area (Å²) in [6.07, 6.45) is 0. The first-order valence-electron chi connectivity index (χ1n) is 5.21. The molecule has 1 aromatic rings. The van der Waals surface area contributed by atoms with Gasteiger partial charge in [-0.1, -0.05) is 13.0 Å². The Morgan fingerprint density at radius 1 is 1.56 bits per heavy atom. The van der Waals surface area contributed by atoms with E-state index in [0.717, 1.165) is 4.88 Å². The van der Waals surface area contributed by atoms with Crippen LogP contribution in [0.1, 0.15) is 17.8 Å². The standard InChI is InChI=1S/C11H16N2O3S.ClH/c1-7(6-12)10(14)13-9(11(15)16-2)8-4-3-5-17-8;/h3-5,7,9H,6,12H2,1-2H3,(H,13,14);1H. The molecule has 0 saturated carbocycles. The predicted octanol–water partition coefficient (Wildman–Crippen LogP) is 1.09. The summed E-state index contributed by atoms with van der Waals surface area (Å²) in [5.41, 5.74) is 5.40. The maximum atomic E-state index is 11.7. The fourth-order valence-electron chi connectivity index (χ4n) is 1.21. The van der Waals surface area contributed by atoms with Crippen molar-refractivity contribution in [3.63, 3.8) is 0 Å². The normalized spacial score (nSPS) is 13.1. The van der Waals surface area contributed by atoms with Crippen LogP contribution in [0.15, 0.2) is 17.5 Å². The van der Waals surface area contributed by atoms with E-state index in [0.29, 0.717) is 0 Å². The van der Waals surface area contributed by atoms with E-state index in [-0.39, 0.29) is 30.8 Å². The SMILES string of the molecule is COC(=O)C(NC(=O)C(C)CN)c1cccs1.Cl. The molecule has 1 aromatic heterocycles. The number of methoxy groups -OCH3 is 1. The lowest BCUT2D eigenvalue weighted by Gasteiger charge is -2.17. The smallest absolute Gasteiger partial charge is 0.333 e. The van der Waals surface area contributed by atoms with Gasteiger partial charge in [-0.2, -0.15) is 0 Å². The Morgan fingerprint density at radius 3 is 2.67 bits per heavy atom. The fraction of sp³-hybridized carbons (Fsp3) is 0.455. The Bertz CT molecular complexity index is 384. The van der Waals surface area contributed by atoms with Crippen LogP contribution >= 0.6 is 23.7 Å². The second-order valence-electron chi connectivity index (χ2n) is 3.62. The third kappa shape index (κ3) is 4.29. The van der Waals surface area contributed by atoms with Crippen molar-refractivity contribution in [3.05, 3.63) is 22.4 Å². The van der Waals surface area contributed by atoms with Gasteiger partial charge in [0.25, 0.3) is 0 Å². The Balaban J connectivity index is 0.00000289. The van der Waals surface area contributed by atoms with Gasteiger partial charge in [0.05, 0.1) is 7.11 Å². The van der Waals surface area contributed by atoms with Gasteiger partial charge in [-0.05, 0) is 11.4 Å². The van der Waals surface area contributed by atoms with E-state index in [2.05, 4.69) is 10.1 Å². The number of thiophene rings is 1. The number of amides is 1. The molecule has 0 aromatic carbocycles. The molecule has 5 nitrogen and oxygen atoms in total. The van der Waals surface area contributed by atoms with Crippen LogP contribution in [0.25, 0.3) is 0 Å². The number of halogens is 1. The molecule has 2 unspecified atom stereocenters. The molecule has 0 aliphatic rings. The Labute approximate surface area is 116 Å². The quantitative estimate of drug-likeness (QED) is 0.796. The Morgan fingerprint density at radius 2 is 2.22 bits per heavy atom. The molecule has 0 saturated heterocycles. The zero-order valence-corrected chi connectivity index (χ0v) is 11.8. The predicted molar refractivity (Wildman–Crippen MR) is 72.7 cm³/mol. The van der Waals surface area contributed by atoms with Crippen LogP contribution in [0.4, 0.5) is 0 Å². The number of ether oxygens (including phenoxy) is 1. The van der Waals surface area contributed by atoms with Gasteiger partial charge in [0.15, 0.2) is 6.04 Å². The average molecular weight is 293 g/mol. The van der Waals surface area contributed by atoms with Gasteiger partial charge in [-0.3, -0.25) is 4.79 Å². The van der Waals surface area contributed by atoms with Crippen LogP contribution < -0.4 is 11.1 Å². The molecule has 0 aliphatic carbocycles. The minimum absolute atomic E-state index is 0. The van der Waals surface area contributed by atoms with Crippen LogP contribution in [0.3, 0.4) is 0 Å². The van der Waals surface area contributed by atoms with Gasteiger partial charge in [0.1, 0.15) is 0 Å². The number of rotatable bonds is 5. The van der Waals surface area contributed by atoms with Crippen molar-refractivity contribution in [2.75, 3.05) is 13.7 Å². The van der Waals surface area contributed by atoms with E-state index in [1.807, 2.05) is 11.4 Å². The molecule has 0 radical (unpaired) electrons. The summed E-state index contributed by atoms with van der Waals surface area (Å²) in [5, 5.41) is 4.47. The maximum absolute atomic E-state index is 11.7. The lowest BCUT2D eigenvalue weighted by Crippen LogP contribution is -2.39.